The van der Waals surface area contributed by atoms with Gasteiger partial charge in [0.1, 0.15) is 0 Å². The molecule has 1 aromatic heterocycles. The van der Waals surface area contributed by atoms with E-state index in [0.29, 0.717) is 0 Å². The minimum absolute atomic E-state index is 0.0455. The van der Waals surface area contributed by atoms with Gasteiger partial charge in [-0.1, -0.05) is 84.9 Å². The van der Waals surface area contributed by atoms with Crippen LogP contribution in [0, 0.1) is 6.92 Å². The third-order valence-corrected chi connectivity index (χ3v) is 5.56. The molecule has 4 aromatic carbocycles. The van der Waals surface area contributed by atoms with E-state index in [9.17, 15) is 4.79 Å². The van der Waals surface area contributed by atoms with Gasteiger partial charge in [-0.25, -0.2) is 0 Å². The molecule has 30 heavy (non-hydrogen) atoms. The second-order valence-electron chi connectivity index (χ2n) is 7.47. The van der Waals surface area contributed by atoms with Gasteiger partial charge >= 0.3 is 0 Å². The number of nitrogens with zero attached hydrogens (tertiary/aromatic N) is 1. The van der Waals surface area contributed by atoms with Crippen molar-refractivity contribution in [1.82, 2.24) is 4.57 Å². The molecule has 0 aliphatic carbocycles. The van der Waals surface area contributed by atoms with Crippen LogP contribution >= 0.6 is 0 Å². The molecule has 0 saturated heterocycles. The molecular weight excluding hydrogens is 366 g/mol. The van der Waals surface area contributed by atoms with Crippen molar-refractivity contribution in [3.63, 3.8) is 0 Å². The lowest BCUT2D eigenvalue weighted by Gasteiger charge is -2.21. The predicted molar refractivity (Wildman–Crippen MR) is 125 cm³/mol. The Labute approximate surface area is 175 Å². The standard InChI is InChI=1S/C28H21NO/c1-20-27(30)19-26(24-17-16-21-10-8-9-13-23(21)18-24)29(25-14-6-3-7-15-25)28(20)22-11-4-2-5-12-22/h2-19H,1H3. The van der Waals surface area contributed by atoms with Crippen molar-refractivity contribution in [1.29, 1.82) is 0 Å². The smallest absolute Gasteiger partial charge is 0.185 e. The quantitative estimate of drug-likeness (QED) is 0.340. The molecule has 0 aliphatic rings. The molecule has 2 nitrogen and oxygen atoms in total. The fraction of sp³-hybridized carbons (Fsp3) is 0.0357. The highest BCUT2D eigenvalue weighted by Gasteiger charge is 2.17. The molecule has 5 rings (SSSR count). The molecule has 0 fully saturated rings. The number of fused-ring (bicyclic) bond motifs is 1. The molecular formula is C28H21NO. The second kappa shape index (κ2) is 7.49. The van der Waals surface area contributed by atoms with E-state index in [1.807, 2.05) is 55.5 Å². The summed E-state index contributed by atoms with van der Waals surface area (Å²) in [5.74, 6) is 0. The van der Waals surface area contributed by atoms with Crippen LogP contribution < -0.4 is 5.43 Å². The molecule has 0 saturated carbocycles. The van der Waals surface area contributed by atoms with Crippen molar-refractivity contribution in [3.8, 4) is 28.2 Å². The number of aromatic nitrogens is 1. The minimum atomic E-state index is 0.0455. The number of hydrogen-bond donors (Lipinski definition) is 0. The Kier molecular flexibility index (Phi) is 4.53. The average Bonchev–Trinajstić information content (AvgIpc) is 2.81. The lowest BCUT2D eigenvalue weighted by molar-refractivity contribution is 1.04. The highest BCUT2D eigenvalue weighted by molar-refractivity contribution is 5.87. The molecule has 144 valence electrons. The highest BCUT2D eigenvalue weighted by Crippen LogP contribution is 2.32. The summed E-state index contributed by atoms with van der Waals surface area (Å²) in [6.07, 6.45) is 0. The van der Waals surface area contributed by atoms with Gasteiger partial charge in [0.25, 0.3) is 0 Å². The van der Waals surface area contributed by atoms with E-state index in [0.717, 1.165) is 39.2 Å². The van der Waals surface area contributed by atoms with Crippen molar-refractivity contribution >= 4 is 10.8 Å². The first-order valence-electron chi connectivity index (χ1n) is 10.1. The van der Waals surface area contributed by atoms with Crippen LogP contribution in [-0.2, 0) is 0 Å². The number of rotatable bonds is 3. The summed E-state index contributed by atoms with van der Waals surface area (Å²) < 4.78 is 2.20. The maximum atomic E-state index is 13.0. The Morgan fingerprint density at radius 3 is 1.97 bits per heavy atom. The zero-order chi connectivity index (χ0) is 20.5. The van der Waals surface area contributed by atoms with Gasteiger partial charge in [0, 0.05) is 17.3 Å². The molecule has 0 aliphatic heterocycles. The van der Waals surface area contributed by atoms with E-state index in [4.69, 9.17) is 0 Å². The Morgan fingerprint density at radius 2 is 1.23 bits per heavy atom. The molecule has 1 heterocycles. The first kappa shape index (κ1) is 18.1. The Balaban J connectivity index is 1.89. The Hall–Kier alpha value is -3.91. The van der Waals surface area contributed by atoms with Gasteiger partial charge in [-0.2, -0.15) is 0 Å². The minimum Gasteiger partial charge on any atom is -0.309 e. The van der Waals surface area contributed by atoms with Crippen LogP contribution in [0.25, 0.3) is 39.0 Å². The monoisotopic (exact) mass is 387 g/mol. The van der Waals surface area contributed by atoms with E-state index in [1.165, 1.54) is 5.39 Å². The summed E-state index contributed by atoms with van der Waals surface area (Å²) >= 11 is 0. The van der Waals surface area contributed by atoms with Gasteiger partial charge < -0.3 is 4.57 Å². The second-order valence-corrected chi connectivity index (χ2v) is 7.47. The average molecular weight is 387 g/mol. The third-order valence-electron chi connectivity index (χ3n) is 5.56. The fourth-order valence-electron chi connectivity index (χ4n) is 4.05. The molecule has 0 N–H and O–H groups in total. The number of pyridine rings is 1. The van der Waals surface area contributed by atoms with Gasteiger partial charge in [0.15, 0.2) is 5.43 Å². The van der Waals surface area contributed by atoms with E-state index in [2.05, 4.69) is 59.2 Å². The molecule has 0 spiro atoms. The van der Waals surface area contributed by atoms with Crippen molar-refractivity contribution in [2.75, 3.05) is 0 Å². The van der Waals surface area contributed by atoms with Crippen LogP contribution in [0.4, 0.5) is 0 Å². The lowest BCUT2D eigenvalue weighted by atomic mass is 10.00. The maximum Gasteiger partial charge on any atom is 0.185 e. The normalized spacial score (nSPS) is 11.0. The van der Waals surface area contributed by atoms with Crippen molar-refractivity contribution < 1.29 is 0 Å². The number of hydrogen-bond acceptors (Lipinski definition) is 1. The maximum absolute atomic E-state index is 13.0. The van der Waals surface area contributed by atoms with Gasteiger partial charge in [0.2, 0.25) is 0 Å². The van der Waals surface area contributed by atoms with Crippen LogP contribution in [0.2, 0.25) is 0 Å². The van der Waals surface area contributed by atoms with E-state index in [-0.39, 0.29) is 5.43 Å². The Bertz CT molecular complexity index is 1400. The van der Waals surface area contributed by atoms with Crippen molar-refractivity contribution in [3.05, 3.63) is 125 Å². The third kappa shape index (κ3) is 3.13. The summed E-state index contributed by atoms with van der Waals surface area (Å²) in [5, 5.41) is 2.34. The molecule has 2 heteroatoms. The van der Waals surface area contributed by atoms with E-state index < -0.39 is 0 Å². The van der Waals surface area contributed by atoms with Gasteiger partial charge in [0.05, 0.1) is 11.4 Å². The molecule has 0 amide bonds. The van der Waals surface area contributed by atoms with Crippen LogP contribution in [0.3, 0.4) is 0 Å². The Morgan fingerprint density at radius 1 is 0.600 bits per heavy atom. The van der Waals surface area contributed by atoms with Crippen molar-refractivity contribution in [2.45, 2.75) is 6.92 Å². The van der Waals surface area contributed by atoms with Crippen LogP contribution in [0.5, 0.6) is 0 Å². The number of para-hydroxylation sites is 1. The lowest BCUT2D eigenvalue weighted by Crippen LogP contribution is -2.15. The first-order valence-corrected chi connectivity index (χ1v) is 10.1. The molecule has 0 unspecified atom stereocenters. The first-order chi connectivity index (χ1) is 14.7. The zero-order valence-corrected chi connectivity index (χ0v) is 16.7. The molecule has 0 bridgehead atoms. The van der Waals surface area contributed by atoms with E-state index >= 15 is 0 Å². The van der Waals surface area contributed by atoms with Crippen LogP contribution in [0.1, 0.15) is 5.56 Å². The number of benzene rings is 4. The van der Waals surface area contributed by atoms with Gasteiger partial charge in [-0.05, 0) is 47.0 Å². The topological polar surface area (TPSA) is 22.0 Å². The van der Waals surface area contributed by atoms with Crippen LogP contribution in [-0.4, -0.2) is 4.57 Å². The SMILES string of the molecule is Cc1c(-c2ccccc2)n(-c2ccccc2)c(-c2ccc3ccccc3c2)cc1=O. The molecule has 0 radical (unpaired) electrons. The summed E-state index contributed by atoms with van der Waals surface area (Å²) in [6, 6.07) is 36.8. The van der Waals surface area contributed by atoms with Gasteiger partial charge in [-0.15, -0.1) is 0 Å². The zero-order valence-electron chi connectivity index (χ0n) is 16.7. The fourth-order valence-corrected chi connectivity index (χ4v) is 4.05. The summed E-state index contributed by atoms with van der Waals surface area (Å²) in [5.41, 5.74) is 5.69. The summed E-state index contributed by atoms with van der Waals surface area (Å²) in [6.45, 7) is 1.91. The predicted octanol–water partition coefficient (Wildman–Crippen LogP) is 6.63. The van der Waals surface area contributed by atoms with Crippen molar-refractivity contribution in [2.24, 2.45) is 0 Å². The van der Waals surface area contributed by atoms with Crippen LogP contribution in [0.15, 0.2) is 114 Å². The highest BCUT2D eigenvalue weighted by atomic mass is 16.1. The molecule has 5 aromatic rings. The largest absolute Gasteiger partial charge is 0.309 e. The van der Waals surface area contributed by atoms with E-state index in [1.54, 1.807) is 6.07 Å². The summed E-state index contributed by atoms with van der Waals surface area (Å²) in [7, 11) is 0. The molecule has 0 atom stereocenters. The van der Waals surface area contributed by atoms with Gasteiger partial charge in [-0.3, -0.25) is 4.79 Å². The summed E-state index contributed by atoms with van der Waals surface area (Å²) in [4.78, 5) is 13.0.